The molecule has 2 aliphatic rings. The molecule has 178 valence electrons. The highest BCUT2D eigenvalue weighted by Gasteiger charge is 2.34. The minimum atomic E-state index is -3.78. The number of benzene rings is 2. The Kier molecular flexibility index (Phi) is 7.75. The number of piperidine rings is 1. The first-order valence-corrected chi connectivity index (χ1v) is 12.8. The second-order valence-electron chi connectivity index (χ2n) is 8.54. The zero-order valence-electron chi connectivity index (χ0n) is 18.5. The zero-order chi connectivity index (χ0) is 23.3. The molecular weight excluding hydrogens is 445 g/mol. The van der Waals surface area contributed by atoms with Crippen LogP contribution in [0.2, 0.25) is 0 Å². The number of rotatable bonds is 7. The van der Waals surface area contributed by atoms with Crippen LogP contribution < -0.4 is 5.32 Å². The van der Waals surface area contributed by atoms with Crippen molar-refractivity contribution in [3.05, 3.63) is 66.0 Å². The predicted octanol–water partition coefficient (Wildman–Crippen LogP) is 2.42. The van der Waals surface area contributed by atoms with Gasteiger partial charge in [-0.05, 0) is 42.7 Å². The van der Waals surface area contributed by atoms with Crippen LogP contribution in [-0.4, -0.2) is 69.5 Å². The lowest BCUT2D eigenvalue weighted by Crippen LogP contribution is -2.48. The number of halogens is 1. The van der Waals surface area contributed by atoms with Crippen LogP contribution in [-0.2, 0) is 19.6 Å². The molecule has 2 fully saturated rings. The maximum atomic E-state index is 13.3. The molecule has 0 radical (unpaired) electrons. The summed E-state index contributed by atoms with van der Waals surface area (Å²) in [5, 5.41) is 3.18. The number of carbonyl (C=O) groups is 1. The van der Waals surface area contributed by atoms with Gasteiger partial charge in [0.1, 0.15) is 5.82 Å². The molecular formula is C24H30FN3O4S. The van der Waals surface area contributed by atoms with Crippen molar-refractivity contribution >= 4 is 15.9 Å². The van der Waals surface area contributed by atoms with Gasteiger partial charge in [0.2, 0.25) is 15.9 Å². The van der Waals surface area contributed by atoms with E-state index in [1.807, 2.05) is 30.3 Å². The number of sulfonamides is 1. The van der Waals surface area contributed by atoms with E-state index in [0.29, 0.717) is 39.1 Å². The highest BCUT2D eigenvalue weighted by atomic mass is 32.2. The average molecular weight is 476 g/mol. The van der Waals surface area contributed by atoms with E-state index in [4.69, 9.17) is 4.74 Å². The zero-order valence-corrected chi connectivity index (χ0v) is 19.3. The summed E-state index contributed by atoms with van der Waals surface area (Å²) in [4.78, 5) is 15.6. The van der Waals surface area contributed by atoms with Crippen LogP contribution >= 0.6 is 0 Å². The lowest BCUT2D eigenvalue weighted by atomic mass is 9.97. The van der Waals surface area contributed by atoms with Crippen molar-refractivity contribution in [2.45, 2.75) is 23.8 Å². The van der Waals surface area contributed by atoms with Gasteiger partial charge in [-0.1, -0.05) is 30.3 Å². The number of morpholine rings is 1. The summed E-state index contributed by atoms with van der Waals surface area (Å²) >= 11 is 0. The Balaban J connectivity index is 1.45. The molecule has 9 heteroatoms. The Morgan fingerprint density at radius 1 is 1.06 bits per heavy atom. The van der Waals surface area contributed by atoms with Gasteiger partial charge < -0.3 is 10.1 Å². The lowest BCUT2D eigenvalue weighted by molar-refractivity contribution is -0.127. The van der Waals surface area contributed by atoms with E-state index in [2.05, 4.69) is 10.2 Å². The van der Waals surface area contributed by atoms with Gasteiger partial charge in [-0.2, -0.15) is 4.31 Å². The van der Waals surface area contributed by atoms with Crippen molar-refractivity contribution in [2.75, 3.05) is 45.9 Å². The monoisotopic (exact) mass is 475 g/mol. The molecule has 0 bridgehead atoms. The lowest BCUT2D eigenvalue weighted by Gasteiger charge is -2.34. The molecule has 2 atom stereocenters. The molecule has 2 saturated heterocycles. The molecule has 1 N–H and O–H groups in total. The van der Waals surface area contributed by atoms with E-state index in [0.717, 1.165) is 30.8 Å². The summed E-state index contributed by atoms with van der Waals surface area (Å²) in [5.41, 5.74) is 1.02. The maximum Gasteiger partial charge on any atom is 0.243 e. The molecule has 2 aromatic rings. The Morgan fingerprint density at radius 3 is 2.45 bits per heavy atom. The molecule has 1 amide bonds. The molecule has 0 aromatic heterocycles. The second kappa shape index (κ2) is 10.7. The molecule has 2 aliphatic heterocycles. The van der Waals surface area contributed by atoms with Gasteiger partial charge in [0.05, 0.1) is 30.1 Å². The van der Waals surface area contributed by atoms with E-state index in [1.54, 1.807) is 0 Å². The smallest absolute Gasteiger partial charge is 0.243 e. The fraction of sp³-hybridized carbons (Fsp3) is 0.458. The number of nitrogens with one attached hydrogen (secondary N) is 1. The largest absolute Gasteiger partial charge is 0.379 e. The van der Waals surface area contributed by atoms with Crippen LogP contribution in [0.15, 0.2) is 59.5 Å². The molecule has 4 rings (SSSR count). The summed E-state index contributed by atoms with van der Waals surface area (Å²) < 4.78 is 46.1. The van der Waals surface area contributed by atoms with Gasteiger partial charge in [-0.3, -0.25) is 9.69 Å². The van der Waals surface area contributed by atoms with Crippen molar-refractivity contribution in [1.29, 1.82) is 0 Å². The first-order chi connectivity index (χ1) is 15.9. The number of amides is 1. The van der Waals surface area contributed by atoms with Gasteiger partial charge in [0.25, 0.3) is 0 Å². The maximum absolute atomic E-state index is 13.3. The summed E-state index contributed by atoms with van der Waals surface area (Å²) in [5.74, 6) is -1.07. The Bertz CT molecular complexity index is 1030. The van der Waals surface area contributed by atoms with Crippen molar-refractivity contribution in [3.8, 4) is 0 Å². The van der Waals surface area contributed by atoms with Crippen LogP contribution in [0.1, 0.15) is 24.4 Å². The molecule has 7 nitrogen and oxygen atoms in total. The summed E-state index contributed by atoms with van der Waals surface area (Å²) in [6, 6.07) is 14.4. The normalized spacial score (nSPS) is 21.4. The van der Waals surface area contributed by atoms with Gasteiger partial charge >= 0.3 is 0 Å². The third-order valence-corrected chi connectivity index (χ3v) is 8.15. The van der Waals surface area contributed by atoms with E-state index in [1.165, 1.54) is 16.4 Å². The Hall–Kier alpha value is -2.33. The average Bonchev–Trinajstić information content (AvgIpc) is 2.85. The molecule has 2 aromatic carbocycles. The molecule has 0 aliphatic carbocycles. The first kappa shape index (κ1) is 23.8. The summed E-state index contributed by atoms with van der Waals surface area (Å²) in [6.45, 7) is 4.11. The fourth-order valence-corrected chi connectivity index (χ4v) is 5.91. The van der Waals surface area contributed by atoms with Gasteiger partial charge in [-0.15, -0.1) is 0 Å². The topological polar surface area (TPSA) is 79.0 Å². The first-order valence-electron chi connectivity index (χ1n) is 11.3. The molecule has 33 heavy (non-hydrogen) atoms. The van der Waals surface area contributed by atoms with Gasteiger partial charge in [0.15, 0.2) is 0 Å². The van der Waals surface area contributed by atoms with Crippen molar-refractivity contribution in [1.82, 2.24) is 14.5 Å². The van der Waals surface area contributed by atoms with Crippen molar-refractivity contribution in [2.24, 2.45) is 5.92 Å². The van der Waals surface area contributed by atoms with Gasteiger partial charge in [0, 0.05) is 32.7 Å². The third kappa shape index (κ3) is 5.97. The SMILES string of the molecule is O=C(N[C@@H](CN1CCOCC1)c1ccccc1)[C@H]1CCCN(S(=O)(=O)c2ccc(F)cc2)C1. The van der Waals surface area contributed by atoms with Crippen LogP contribution in [0.3, 0.4) is 0 Å². The quantitative estimate of drug-likeness (QED) is 0.666. The van der Waals surface area contributed by atoms with Crippen molar-refractivity contribution < 1.29 is 22.3 Å². The van der Waals surface area contributed by atoms with Crippen LogP contribution in [0.4, 0.5) is 4.39 Å². The van der Waals surface area contributed by atoms with E-state index in [9.17, 15) is 17.6 Å². The molecule has 0 spiro atoms. The summed E-state index contributed by atoms with van der Waals surface area (Å²) in [6.07, 6.45) is 1.22. The highest BCUT2D eigenvalue weighted by molar-refractivity contribution is 7.89. The van der Waals surface area contributed by atoms with E-state index >= 15 is 0 Å². The predicted molar refractivity (Wildman–Crippen MR) is 122 cm³/mol. The molecule has 0 saturated carbocycles. The number of hydrogen-bond donors (Lipinski definition) is 1. The summed E-state index contributed by atoms with van der Waals surface area (Å²) in [7, 11) is -3.78. The number of carbonyl (C=O) groups excluding carboxylic acids is 1. The minimum Gasteiger partial charge on any atom is -0.379 e. The second-order valence-corrected chi connectivity index (χ2v) is 10.5. The van der Waals surface area contributed by atoms with Crippen LogP contribution in [0.25, 0.3) is 0 Å². The number of nitrogens with zero attached hydrogens (tertiary/aromatic N) is 2. The molecule has 0 unspecified atom stereocenters. The molecule has 2 heterocycles. The highest BCUT2D eigenvalue weighted by Crippen LogP contribution is 2.25. The number of ether oxygens (including phenoxy) is 1. The Labute approximate surface area is 194 Å². The van der Waals surface area contributed by atoms with Crippen LogP contribution in [0, 0.1) is 11.7 Å². The Morgan fingerprint density at radius 2 is 1.76 bits per heavy atom. The standard InChI is InChI=1S/C24H30FN3O4S/c25-21-8-10-22(11-9-21)33(30,31)28-12-4-7-20(17-28)24(29)26-23(19-5-2-1-3-6-19)18-27-13-15-32-16-14-27/h1-3,5-6,8-11,20,23H,4,7,12-18H2,(H,26,29)/t20-,23-/m0/s1. The minimum absolute atomic E-state index is 0.0411. The van der Waals surface area contributed by atoms with E-state index in [-0.39, 0.29) is 23.4 Å². The number of hydrogen-bond acceptors (Lipinski definition) is 5. The third-order valence-electron chi connectivity index (χ3n) is 6.27. The van der Waals surface area contributed by atoms with Crippen molar-refractivity contribution in [3.63, 3.8) is 0 Å². The van der Waals surface area contributed by atoms with E-state index < -0.39 is 21.8 Å². The van der Waals surface area contributed by atoms with Gasteiger partial charge in [-0.25, -0.2) is 12.8 Å². The fourth-order valence-electron chi connectivity index (χ4n) is 4.38. The van der Waals surface area contributed by atoms with Crippen LogP contribution in [0.5, 0.6) is 0 Å².